The van der Waals surface area contributed by atoms with Crippen molar-refractivity contribution in [2.24, 2.45) is 5.92 Å². The summed E-state index contributed by atoms with van der Waals surface area (Å²) in [6, 6.07) is 7.66. The lowest BCUT2D eigenvalue weighted by Gasteiger charge is -2.30. The van der Waals surface area contributed by atoms with Crippen LogP contribution in [0.3, 0.4) is 0 Å². The van der Waals surface area contributed by atoms with Gasteiger partial charge < -0.3 is 15.3 Å². The highest BCUT2D eigenvalue weighted by molar-refractivity contribution is 9.10. The van der Waals surface area contributed by atoms with Gasteiger partial charge in [0.25, 0.3) is 0 Å². The van der Waals surface area contributed by atoms with Crippen molar-refractivity contribution in [2.75, 3.05) is 19.6 Å². The molecule has 0 saturated carbocycles. The molecule has 1 heterocycles. The minimum absolute atomic E-state index is 0.202. The average molecular weight is 367 g/mol. The number of carbonyl (C=O) groups excluding carboxylic acids is 1. The van der Waals surface area contributed by atoms with Gasteiger partial charge in [-0.05, 0) is 30.5 Å². The molecule has 5 nitrogen and oxygen atoms in total. The smallest absolute Gasteiger partial charge is 0.317 e. The van der Waals surface area contributed by atoms with E-state index in [1.165, 1.54) is 0 Å². The number of aliphatic carboxylic acids is 1. The van der Waals surface area contributed by atoms with Crippen LogP contribution in [-0.4, -0.2) is 41.6 Å². The average Bonchev–Trinajstić information content (AvgIpc) is 2.53. The topological polar surface area (TPSA) is 69.6 Å². The van der Waals surface area contributed by atoms with Crippen molar-refractivity contribution < 1.29 is 14.7 Å². The van der Waals surface area contributed by atoms with Gasteiger partial charge in [-0.3, -0.25) is 4.79 Å². The van der Waals surface area contributed by atoms with Gasteiger partial charge in [0.05, 0.1) is 5.92 Å². The zero-order chi connectivity index (χ0) is 15.9. The number of likely N-dealkylation sites (tertiary alicyclic amines) is 1. The number of nitrogens with one attached hydrogen (secondary N) is 1. The number of nitrogens with zero attached hydrogens (tertiary/aromatic N) is 1. The number of carboxylic acid groups (broad SMARTS) is 1. The Hall–Kier alpha value is -1.82. The molecule has 0 spiro atoms. The summed E-state index contributed by atoms with van der Waals surface area (Å²) in [6.45, 7) is 1.33. The van der Waals surface area contributed by atoms with E-state index in [-0.39, 0.29) is 12.6 Å². The summed E-state index contributed by atoms with van der Waals surface area (Å²) in [4.78, 5) is 24.6. The molecule has 6 heteroatoms. The maximum atomic E-state index is 12.0. The molecular weight excluding hydrogens is 348 g/mol. The van der Waals surface area contributed by atoms with Crippen LogP contribution < -0.4 is 5.32 Å². The molecule has 2 amide bonds. The minimum Gasteiger partial charge on any atom is -0.481 e. The highest BCUT2D eigenvalue weighted by Gasteiger charge is 2.27. The number of hydrogen-bond donors (Lipinski definition) is 2. The van der Waals surface area contributed by atoms with Gasteiger partial charge in [-0.2, -0.15) is 0 Å². The first-order valence-corrected chi connectivity index (χ1v) is 8.03. The van der Waals surface area contributed by atoms with Crippen LogP contribution in [0.1, 0.15) is 18.4 Å². The molecule has 22 heavy (non-hydrogen) atoms. The predicted octanol–water partition coefficient (Wildman–Crippen LogP) is 2.97. The van der Waals surface area contributed by atoms with Crippen molar-refractivity contribution in [1.29, 1.82) is 0 Å². The summed E-state index contributed by atoms with van der Waals surface area (Å²) >= 11 is 3.38. The van der Waals surface area contributed by atoms with Crippen molar-refractivity contribution in [1.82, 2.24) is 10.2 Å². The molecule has 1 aromatic rings. The Morgan fingerprint density at radius 2 is 2.09 bits per heavy atom. The maximum Gasteiger partial charge on any atom is 0.317 e. The number of benzene rings is 1. The highest BCUT2D eigenvalue weighted by Crippen LogP contribution is 2.16. The summed E-state index contributed by atoms with van der Waals surface area (Å²) in [7, 11) is 0. The van der Waals surface area contributed by atoms with E-state index in [2.05, 4.69) is 21.2 Å². The lowest BCUT2D eigenvalue weighted by atomic mass is 9.99. The third kappa shape index (κ3) is 4.87. The predicted molar refractivity (Wildman–Crippen MR) is 88.5 cm³/mol. The highest BCUT2D eigenvalue weighted by atomic mass is 79.9. The lowest BCUT2D eigenvalue weighted by Crippen LogP contribution is -2.47. The zero-order valence-corrected chi connectivity index (χ0v) is 13.8. The second-order valence-electron chi connectivity index (χ2n) is 5.26. The van der Waals surface area contributed by atoms with E-state index in [0.717, 1.165) is 16.5 Å². The number of urea groups is 1. The third-order valence-electron chi connectivity index (χ3n) is 3.61. The van der Waals surface area contributed by atoms with Gasteiger partial charge in [0.1, 0.15) is 0 Å². The molecule has 0 aromatic heterocycles. The Morgan fingerprint density at radius 3 is 2.77 bits per heavy atom. The van der Waals surface area contributed by atoms with Crippen molar-refractivity contribution in [3.63, 3.8) is 0 Å². The molecule has 118 valence electrons. The molecule has 2 rings (SSSR count). The molecule has 1 fully saturated rings. The fourth-order valence-electron chi connectivity index (χ4n) is 2.39. The van der Waals surface area contributed by atoms with Crippen molar-refractivity contribution in [3.8, 4) is 0 Å². The van der Waals surface area contributed by atoms with E-state index in [1.807, 2.05) is 36.4 Å². The first-order valence-electron chi connectivity index (χ1n) is 7.24. The van der Waals surface area contributed by atoms with E-state index in [1.54, 1.807) is 4.90 Å². The normalized spacial score (nSPS) is 18.4. The number of piperidine rings is 1. The van der Waals surface area contributed by atoms with Crippen LogP contribution in [0, 0.1) is 5.92 Å². The van der Waals surface area contributed by atoms with Gasteiger partial charge in [0.2, 0.25) is 0 Å². The molecule has 0 radical (unpaired) electrons. The standard InChI is InChI=1S/C16H19BrN2O3/c17-14-7-5-12(6-8-14)3-1-9-18-16(22)19-10-2-4-13(11-19)15(20)21/h1,3,5-8,13H,2,4,9-11H2,(H,18,22)(H,20,21)/b3-1+. The van der Waals surface area contributed by atoms with Crippen molar-refractivity contribution >= 4 is 34.0 Å². The van der Waals surface area contributed by atoms with E-state index < -0.39 is 11.9 Å². The van der Waals surface area contributed by atoms with E-state index in [0.29, 0.717) is 19.5 Å². The Bertz CT molecular complexity index is 557. The van der Waals surface area contributed by atoms with Crippen LogP contribution in [0.25, 0.3) is 6.08 Å². The van der Waals surface area contributed by atoms with Gasteiger partial charge in [-0.1, -0.05) is 40.2 Å². The fraction of sp³-hybridized carbons (Fsp3) is 0.375. The number of amides is 2. The van der Waals surface area contributed by atoms with Gasteiger partial charge in [0, 0.05) is 24.1 Å². The Balaban J connectivity index is 1.77. The van der Waals surface area contributed by atoms with E-state index in [9.17, 15) is 9.59 Å². The summed E-state index contributed by atoms with van der Waals surface area (Å²) < 4.78 is 1.02. The Morgan fingerprint density at radius 1 is 1.36 bits per heavy atom. The number of carboxylic acids is 1. The van der Waals surface area contributed by atoms with Crippen LogP contribution in [0.4, 0.5) is 4.79 Å². The second kappa shape index (κ2) is 7.98. The number of hydrogen-bond acceptors (Lipinski definition) is 2. The molecule has 2 N–H and O–H groups in total. The molecule has 1 aliphatic heterocycles. The molecule has 0 aliphatic carbocycles. The fourth-order valence-corrected chi connectivity index (χ4v) is 2.65. The lowest BCUT2D eigenvalue weighted by molar-refractivity contribution is -0.143. The first-order chi connectivity index (χ1) is 10.6. The van der Waals surface area contributed by atoms with Crippen LogP contribution in [-0.2, 0) is 4.79 Å². The molecular formula is C16H19BrN2O3. The largest absolute Gasteiger partial charge is 0.481 e. The molecule has 1 unspecified atom stereocenters. The van der Waals surface area contributed by atoms with Crippen LogP contribution in [0.15, 0.2) is 34.8 Å². The SMILES string of the molecule is O=C(O)C1CCCN(C(=O)NC/C=C/c2ccc(Br)cc2)C1. The van der Waals surface area contributed by atoms with E-state index >= 15 is 0 Å². The Kier molecular flexibility index (Phi) is 6.00. The number of carbonyl (C=O) groups is 2. The molecule has 1 saturated heterocycles. The molecule has 1 atom stereocenters. The third-order valence-corrected chi connectivity index (χ3v) is 4.14. The summed E-state index contributed by atoms with van der Waals surface area (Å²) in [5, 5.41) is 11.8. The first kappa shape index (κ1) is 16.5. The second-order valence-corrected chi connectivity index (χ2v) is 6.18. The number of rotatable bonds is 4. The van der Waals surface area contributed by atoms with Gasteiger partial charge >= 0.3 is 12.0 Å². The monoisotopic (exact) mass is 366 g/mol. The van der Waals surface area contributed by atoms with Gasteiger partial charge in [0.15, 0.2) is 0 Å². The van der Waals surface area contributed by atoms with Crippen LogP contribution >= 0.6 is 15.9 Å². The molecule has 1 aliphatic rings. The van der Waals surface area contributed by atoms with E-state index in [4.69, 9.17) is 5.11 Å². The van der Waals surface area contributed by atoms with Gasteiger partial charge in [-0.25, -0.2) is 4.79 Å². The maximum absolute atomic E-state index is 12.0. The van der Waals surface area contributed by atoms with Crippen LogP contribution in [0.5, 0.6) is 0 Å². The number of halogens is 1. The summed E-state index contributed by atoms with van der Waals surface area (Å²) in [6.07, 6.45) is 5.18. The summed E-state index contributed by atoms with van der Waals surface area (Å²) in [5.74, 6) is -1.27. The molecule has 1 aromatic carbocycles. The van der Waals surface area contributed by atoms with Crippen molar-refractivity contribution in [2.45, 2.75) is 12.8 Å². The molecule has 0 bridgehead atoms. The zero-order valence-electron chi connectivity index (χ0n) is 12.2. The quantitative estimate of drug-likeness (QED) is 0.860. The van der Waals surface area contributed by atoms with Gasteiger partial charge in [-0.15, -0.1) is 0 Å². The summed E-state index contributed by atoms with van der Waals surface area (Å²) in [5.41, 5.74) is 1.06. The van der Waals surface area contributed by atoms with Crippen LogP contribution in [0.2, 0.25) is 0 Å². The van der Waals surface area contributed by atoms with Crippen molar-refractivity contribution in [3.05, 3.63) is 40.4 Å². The minimum atomic E-state index is -0.826. The Labute approximate surface area is 138 Å².